The van der Waals surface area contributed by atoms with Gasteiger partial charge in [0.05, 0.1) is 12.2 Å². The van der Waals surface area contributed by atoms with E-state index in [1.54, 1.807) is 0 Å². The van der Waals surface area contributed by atoms with Crippen LogP contribution in [0.4, 0.5) is 14.6 Å². The first-order valence-corrected chi connectivity index (χ1v) is 4.01. The second kappa shape index (κ2) is 4.26. The number of rotatable bonds is 3. The minimum Gasteiger partial charge on any atom is -0.392 e. The van der Waals surface area contributed by atoms with Crippen LogP contribution < -0.4 is 0 Å². The zero-order valence-corrected chi connectivity index (χ0v) is 7.78. The zero-order chi connectivity index (χ0) is 11.6. The highest BCUT2D eigenvalue weighted by Crippen LogP contribution is 2.25. The van der Waals surface area contributed by atoms with Gasteiger partial charge in [-0.1, -0.05) is 0 Å². The van der Waals surface area contributed by atoms with E-state index in [0.717, 1.165) is 6.07 Å². The number of hydrogen-bond acceptors (Lipinski definition) is 4. The van der Waals surface area contributed by atoms with Crippen LogP contribution in [0, 0.1) is 17.0 Å². The van der Waals surface area contributed by atoms with Gasteiger partial charge in [-0.3, -0.25) is 0 Å². The third-order valence-corrected chi connectivity index (χ3v) is 1.94. The maximum atomic E-state index is 12.3. The number of aromatic nitrogens is 1. The molecule has 0 fully saturated rings. The summed E-state index contributed by atoms with van der Waals surface area (Å²) in [6, 6.07) is 0.965. The molecule has 0 aromatic carbocycles. The van der Waals surface area contributed by atoms with E-state index in [9.17, 15) is 18.9 Å². The quantitative estimate of drug-likeness (QED) is 0.619. The Kier molecular flexibility index (Phi) is 3.25. The molecule has 15 heavy (non-hydrogen) atoms. The van der Waals surface area contributed by atoms with Gasteiger partial charge in [0.25, 0.3) is 0 Å². The molecule has 0 radical (unpaired) electrons. The molecule has 0 aliphatic carbocycles. The molecule has 0 aliphatic heterocycles. The molecule has 0 bridgehead atoms. The number of nitro groups is 1. The normalized spacial score (nSPS) is 10.7. The van der Waals surface area contributed by atoms with Crippen LogP contribution in [-0.4, -0.2) is 15.0 Å². The summed E-state index contributed by atoms with van der Waals surface area (Å²) in [5.41, 5.74) is -0.504. The fourth-order valence-electron chi connectivity index (χ4n) is 1.12. The maximum absolute atomic E-state index is 12.3. The van der Waals surface area contributed by atoms with Gasteiger partial charge in [0, 0.05) is 0 Å². The van der Waals surface area contributed by atoms with E-state index in [0.29, 0.717) is 0 Å². The van der Waals surface area contributed by atoms with Gasteiger partial charge in [-0.2, -0.15) is 0 Å². The van der Waals surface area contributed by atoms with E-state index < -0.39 is 29.5 Å². The predicted molar refractivity (Wildman–Crippen MR) is 46.5 cm³/mol. The molecule has 1 aromatic heterocycles. The predicted octanol–water partition coefficient (Wildman–Crippen LogP) is 1.73. The number of hydrogen-bond donors (Lipinski definition) is 1. The molecular weight excluding hydrogens is 210 g/mol. The lowest BCUT2D eigenvalue weighted by Crippen LogP contribution is -2.03. The molecule has 0 unspecified atom stereocenters. The summed E-state index contributed by atoms with van der Waals surface area (Å²) in [5, 5.41) is 19.3. The van der Waals surface area contributed by atoms with Crippen LogP contribution in [-0.2, 0) is 6.61 Å². The van der Waals surface area contributed by atoms with E-state index in [2.05, 4.69) is 4.98 Å². The molecule has 1 N–H and O–H groups in total. The van der Waals surface area contributed by atoms with Crippen LogP contribution in [0.1, 0.15) is 23.2 Å². The lowest BCUT2D eigenvalue weighted by molar-refractivity contribution is -0.390. The maximum Gasteiger partial charge on any atom is 0.367 e. The molecule has 0 saturated heterocycles. The first kappa shape index (κ1) is 11.4. The number of halogens is 2. The Morgan fingerprint density at radius 2 is 2.27 bits per heavy atom. The van der Waals surface area contributed by atoms with Gasteiger partial charge in [0.2, 0.25) is 5.69 Å². The topological polar surface area (TPSA) is 76.3 Å². The molecule has 0 amide bonds. The summed E-state index contributed by atoms with van der Waals surface area (Å²) in [5.74, 6) is -0.642. The van der Waals surface area contributed by atoms with Crippen molar-refractivity contribution in [1.82, 2.24) is 4.98 Å². The van der Waals surface area contributed by atoms with Gasteiger partial charge in [-0.25, -0.2) is 8.78 Å². The Labute approximate surface area is 83.5 Å². The Hall–Kier alpha value is -1.63. The molecule has 1 rings (SSSR count). The molecule has 0 saturated carbocycles. The first-order valence-electron chi connectivity index (χ1n) is 4.01. The summed E-state index contributed by atoms with van der Waals surface area (Å²) in [6.07, 6.45) is -2.89. The Balaban J connectivity index is 3.38. The molecule has 5 nitrogen and oxygen atoms in total. The minimum atomic E-state index is -2.89. The van der Waals surface area contributed by atoms with Crippen LogP contribution in [0.2, 0.25) is 0 Å². The molecule has 0 spiro atoms. The van der Waals surface area contributed by atoms with E-state index in [4.69, 9.17) is 5.11 Å². The largest absolute Gasteiger partial charge is 0.392 e. The minimum absolute atomic E-state index is 0.0898. The van der Waals surface area contributed by atoms with Gasteiger partial charge in [0.15, 0.2) is 0 Å². The van der Waals surface area contributed by atoms with Crippen LogP contribution in [0.15, 0.2) is 6.07 Å². The smallest absolute Gasteiger partial charge is 0.367 e. The van der Waals surface area contributed by atoms with Crippen molar-refractivity contribution in [1.29, 1.82) is 0 Å². The average Bonchev–Trinajstić information content (AvgIpc) is 2.17. The van der Waals surface area contributed by atoms with Crippen molar-refractivity contribution in [2.75, 3.05) is 0 Å². The first-order chi connectivity index (χ1) is 6.97. The summed E-state index contributed by atoms with van der Waals surface area (Å²) in [4.78, 5) is 12.9. The van der Waals surface area contributed by atoms with Gasteiger partial charge in [0.1, 0.15) is 0 Å². The second-order valence-electron chi connectivity index (χ2n) is 2.87. The summed E-state index contributed by atoms with van der Waals surface area (Å²) in [7, 11) is 0. The standard InChI is InChI=1S/C8H8F2N2O3/c1-4-5(3-13)2-6(7(9)10)11-8(4)12(14)15/h2,7,13H,3H2,1H3. The molecule has 1 heterocycles. The Morgan fingerprint density at radius 1 is 1.67 bits per heavy atom. The van der Waals surface area contributed by atoms with Crippen molar-refractivity contribution in [2.45, 2.75) is 20.0 Å². The highest BCUT2D eigenvalue weighted by molar-refractivity contribution is 5.40. The van der Waals surface area contributed by atoms with Crippen molar-refractivity contribution in [3.63, 3.8) is 0 Å². The van der Waals surface area contributed by atoms with Crippen molar-refractivity contribution in [3.05, 3.63) is 33.0 Å². The summed E-state index contributed by atoms with van der Waals surface area (Å²) < 4.78 is 24.6. The SMILES string of the molecule is Cc1c(CO)cc(C(F)F)nc1[N+](=O)[O-]. The number of aliphatic hydroxyl groups excluding tert-OH is 1. The molecule has 0 atom stereocenters. The highest BCUT2D eigenvalue weighted by Gasteiger charge is 2.23. The average molecular weight is 218 g/mol. The molecule has 0 aliphatic rings. The van der Waals surface area contributed by atoms with Crippen molar-refractivity contribution in [2.24, 2.45) is 0 Å². The fraction of sp³-hybridized carbons (Fsp3) is 0.375. The van der Waals surface area contributed by atoms with Crippen molar-refractivity contribution >= 4 is 5.82 Å². The fourth-order valence-corrected chi connectivity index (χ4v) is 1.12. The van der Waals surface area contributed by atoms with Crippen LogP contribution >= 0.6 is 0 Å². The van der Waals surface area contributed by atoms with E-state index >= 15 is 0 Å². The van der Waals surface area contributed by atoms with Crippen molar-refractivity contribution < 1.29 is 18.8 Å². The van der Waals surface area contributed by atoms with Gasteiger partial charge in [-0.15, -0.1) is 0 Å². The van der Waals surface area contributed by atoms with Crippen LogP contribution in [0.3, 0.4) is 0 Å². The van der Waals surface area contributed by atoms with Crippen molar-refractivity contribution in [3.8, 4) is 0 Å². The van der Waals surface area contributed by atoms with Gasteiger partial charge in [-0.05, 0) is 28.5 Å². The zero-order valence-electron chi connectivity index (χ0n) is 7.78. The summed E-state index contributed by atoms with van der Waals surface area (Å²) in [6.45, 7) is 0.820. The van der Waals surface area contributed by atoms with Crippen LogP contribution in [0.5, 0.6) is 0 Å². The molecular formula is C8H8F2N2O3. The van der Waals surface area contributed by atoms with E-state index in [1.165, 1.54) is 6.92 Å². The lowest BCUT2D eigenvalue weighted by Gasteiger charge is -2.04. The van der Waals surface area contributed by atoms with Gasteiger partial charge >= 0.3 is 12.2 Å². The number of nitrogens with zero attached hydrogens (tertiary/aromatic N) is 2. The number of pyridine rings is 1. The number of alkyl halides is 2. The highest BCUT2D eigenvalue weighted by atomic mass is 19.3. The molecule has 7 heteroatoms. The summed E-state index contributed by atoms with van der Waals surface area (Å²) >= 11 is 0. The van der Waals surface area contributed by atoms with Crippen LogP contribution in [0.25, 0.3) is 0 Å². The van der Waals surface area contributed by atoms with E-state index in [-0.39, 0.29) is 11.1 Å². The molecule has 82 valence electrons. The Morgan fingerprint density at radius 3 is 2.67 bits per heavy atom. The van der Waals surface area contributed by atoms with Gasteiger partial charge < -0.3 is 15.2 Å². The monoisotopic (exact) mass is 218 g/mol. The van der Waals surface area contributed by atoms with E-state index in [1.807, 2.05) is 0 Å². The third-order valence-electron chi connectivity index (χ3n) is 1.94. The Bertz CT molecular complexity index is 396. The lowest BCUT2D eigenvalue weighted by atomic mass is 10.1. The third kappa shape index (κ3) is 2.24. The number of aliphatic hydroxyl groups is 1. The molecule has 1 aromatic rings. The second-order valence-corrected chi connectivity index (χ2v) is 2.87.